The van der Waals surface area contributed by atoms with Gasteiger partial charge in [0.05, 0.1) is 10.9 Å². The largest absolute Gasteiger partial charge is 0.477 e. The summed E-state index contributed by atoms with van der Waals surface area (Å²) in [5.41, 5.74) is 1.16. The Morgan fingerprint density at radius 2 is 1.97 bits per heavy atom. The first kappa shape index (κ1) is 19.7. The number of amides is 2. The Bertz CT molecular complexity index is 1110. The van der Waals surface area contributed by atoms with E-state index in [4.69, 9.17) is 0 Å². The third-order valence-electron chi connectivity index (χ3n) is 5.70. The molecule has 2 atom stereocenters. The van der Waals surface area contributed by atoms with Gasteiger partial charge in [-0.05, 0) is 42.7 Å². The molecule has 1 aromatic rings. The number of carbonyl (C=O) groups is 2. The van der Waals surface area contributed by atoms with Crippen LogP contribution >= 0.6 is 0 Å². The Labute approximate surface area is 168 Å². The smallest absolute Gasteiger partial charge is 0.317 e. The molecule has 2 heterocycles. The Balaban J connectivity index is 1.71. The minimum atomic E-state index is -3.86. The number of benzene rings is 1. The van der Waals surface area contributed by atoms with Crippen LogP contribution in [0.5, 0.6) is 0 Å². The summed E-state index contributed by atoms with van der Waals surface area (Å²) in [7, 11) is -0.895. The first-order chi connectivity index (χ1) is 13.7. The summed E-state index contributed by atoms with van der Waals surface area (Å²) in [4.78, 5) is 25.5. The molecule has 0 spiro atoms. The summed E-state index contributed by atoms with van der Waals surface area (Å²) in [6.07, 6.45) is 5.79. The zero-order valence-corrected chi connectivity index (χ0v) is 16.9. The van der Waals surface area contributed by atoms with Gasteiger partial charge in [0.1, 0.15) is 18.9 Å². The summed E-state index contributed by atoms with van der Waals surface area (Å²) in [6, 6.07) is 4.91. The van der Waals surface area contributed by atoms with Gasteiger partial charge in [-0.1, -0.05) is 12.1 Å². The van der Waals surface area contributed by atoms with Crippen molar-refractivity contribution in [3.63, 3.8) is 0 Å². The normalized spacial score (nSPS) is 25.5. The van der Waals surface area contributed by atoms with Crippen molar-refractivity contribution >= 4 is 27.5 Å². The molecule has 7 nitrogen and oxygen atoms in total. The zero-order valence-electron chi connectivity index (χ0n) is 16.1. The number of allylic oxidation sites excluding steroid dienone is 1. The van der Waals surface area contributed by atoms with Gasteiger partial charge in [-0.25, -0.2) is 17.6 Å². The molecular weight excluding hydrogens is 397 g/mol. The van der Waals surface area contributed by atoms with Crippen LogP contribution in [0.1, 0.15) is 24.4 Å². The molecule has 1 saturated heterocycles. The lowest BCUT2D eigenvalue weighted by molar-refractivity contribution is -0.418. The van der Waals surface area contributed by atoms with Crippen LogP contribution in [0.4, 0.5) is 4.39 Å². The van der Waals surface area contributed by atoms with Gasteiger partial charge in [0.15, 0.2) is 0 Å². The average molecular weight is 418 g/mol. The molecule has 1 aliphatic carbocycles. The van der Waals surface area contributed by atoms with Crippen molar-refractivity contribution in [2.45, 2.75) is 24.9 Å². The molecule has 0 radical (unpaired) electrons. The summed E-state index contributed by atoms with van der Waals surface area (Å²) in [6.45, 7) is 0.336. The van der Waals surface area contributed by atoms with Crippen LogP contribution in [0.3, 0.4) is 0 Å². The lowest BCUT2D eigenvalue weighted by Gasteiger charge is -2.30. The fourth-order valence-corrected chi connectivity index (χ4v) is 5.85. The molecule has 1 aromatic carbocycles. The van der Waals surface area contributed by atoms with Crippen LogP contribution in [0.15, 0.2) is 47.4 Å². The summed E-state index contributed by atoms with van der Waals surface area (Å²) >= 11 is 0. The second kappa shape index (κ2) is 7.00. The molecular formula is C20H21FN3O4S+. The van der Waals surface area contributed by atoms with Gasteiger partial charge >= 0.3 is 11.8 Å². The second-order valence-electron chi connectivity index (χ2n) is 7.38. The number of fused-ring (bicyclic) bond motifs is 1. The highest BCUT2D eigenvalue weighted by Gasteiger charge is 2.45. The number of hydrogen-bond donors (Lipinski definition) is 0. The van der Waals surface area contributed by atoms with E-state index < -0.39 is 39.7 Å². The Morgan fingerprint density at radius 3 is 2.69 bits per heavy atom. The topological polar surface area (TPSA) is 77.8 Å². The standard InChI is InChI=1S/C20H21FN3O4S/c1-22-17-9-8-15(12-18(17)23(2)20(26)19(22)25)29(27,28)24-10-4-7-16(24)13-5-3-6-14(21)11-13/h3,5-6,8-9,11-12,16,18H,4,7,10H2,1-2H3/q+1. The fourth-order valence-electron chi connectivity index (χ4n) is 4.10. The second-order valence-corrected chi connectivity index (χ2v) is 9.27. The highest BCUT2D eigenvalue weighted by Crippen LogP contribution is 2.37. The van der Waals surface area contributed by atoms with Gasteiger partial charge in [0.2, 0.25) is 15.7 Å². The number of nitrogens with zero attached hydrogens (tertiary/aromatic N) is 3. The maximum atomic E-state index is 13.7. The van der Waals surface area contributed by atoms with Crippen LogP contribution < -0.4 is 0 Å². The average Bonchev–Trinajstić information content (AvgIpc) is 3.21. The predicted octanol–water partition coefficient (Wildman–Crippen LogP) is 1.20. The number of hydrogen-bond acceptors (Lipinski definition) is 4. The van der Waals surface area contributed by atoms with Crippen LogP contribution in [-0.2, 0) is 19.6 Å². The number of rotatable bonds is 3. The minimum Gasteiger partial charge on any atom is -0.317 e. The van der Waals surface area contributed by atoms with E-state index in [1.54, 1.807) is 18.2 Å². The summed E-state index contributed by atoms with van der Waals surface area (Å²) in [5.74, 6) is -1.75. The molecule has 4 rings (SSSR count). The molecule has 9 heteroatoms. The van der Waals surface area contributed by atoms with E-state index in [0.29, 0.717) is 30.7 Å². The third kappa shape index (κ3) is 3.14. The summed E-state index contributed by atoms with van der Waals surface area (Å²) < 4.78 is 43.1. The molecule has 29 heavy (non-hydrogen) atoms. The van der Waals surface area contributed by atoms with Crippen molar-refractivity contribution < 1.29 is 27.0 Å². The van der Waals surface area contributed by atoms with E-state index >= 15 is 0 Å². The molecule has 1 fully saturated rings. The number of likely N-dealkylation sites (N-methyl/N-ethyl adjacent to an activating group) is 2. The van der Waals surface area contributed by atoms with E-state index in [9.17, 15) is 22.4 Å². The van der Waals surface area contributed by atoms with Crippen LogP contribution in [0.2, 0.25) is 0 Å². The maximum Gasteiger partial charge on any atom is 0.477 e. The molecule has 2 amide bonds. The predicted molar refractivity (Wildman–Crippen MR) is 104 cm³/mol. The van der Waals surface area contributed by atoms with Crippen LogP contribution in [0, 0.1) is 5.82 Å². The van der Waals surface area contributed by atoms with Crippen molar-refractivity contribution in [1.29, 1.82) is 0 Å². The van der Waals surface area contributed by atoms with Crippen molar-refractivity contribution in [1.82, 2.24) is 9.21 Å². The Morgan fingerprint density at radius 1 is 1.21 bits per heavy atom. The summed E-state index contributed by atoms with van der Waals surface area (Å²) in [5, 5.41) is 0. The molecule has 2 aliphatic heterocycles. The van der Waals surface area contributed by atoms with E-state index in [0.717, 1.165) is 0 Å². The Hall–Kier alpha value is -2.65. The maximum absolute atomic E-state index is 13.7. The van der Waals surface area contributed by atoms with Gasteiger partial charge in [-0.2, -0.15) is 8.88 Å². The molecule has 0 bridgehead atoms. The van der Waals surface area contributed by atoms with E-state index in [-0.39, 0.29) is 4.91 Å². The first-order valence-electron chi connectivity index (χ1n) is 9.30. The highest BCUT2D eigenvalue weighted by atomic mass is 32.2. The van der Waals surface area contributed by atoms with Gasteiger partial charge < -0.3 is 4.90 Å². The molecule has 0 saturated carbocycles. The number of halogens is 1. The van der Waals surface area contributed by atoms with Gasteiger partial charge in [-0.15, -0.1) is 0 Å². The molecule has 0 N–H and O–H groups in total. The molecule has 0 aromatic heterocycles. The van der Waals surface area contributed by atoms with Crippen molar-refractivity contribution in [2.75, 3.05) is 20.6 Å². The quantitative estimate of drug-likeness (QED) is 0.546. The minimum absolute atomic E-state index is 0.0666. The zero-order chi connectivity index (χ0) is 20.9. The molecule has 2 unspecified atom stereocenters. The van der Waals surface area contributed by atoms with E-state index in [1.165, 1.54) is 52.2 Å². The van der Waals surface area contributed by atoms with Crippen molar-refractivity contribution in [2.24, 2.45) is 0 Å². The van der Waals surface area contributed by atoms with Gasteiger partial charge in [-0.3, -0.25) is 4.79 Å². The van der Waals surface area contributed by atoms with E-state index in [2.05, 4.69) is 0 Å². The van der Waals surface area contributed by atoms with Crippen molar-refractivity contribution in [3.05, 3.63) is 58.8 Å². The Kier molecular flexibility index (Phi) is 4.74. The lowest BCUT2D eigenvalue weighted by atomic mass is 10.0. The number of sulfonamides is 1. The van der Waals surface area contributed by atoms with Gasteiger partial charge in [0.25, 0.3) is 0 Å². The van der Waals surface area contributed by atoms with E-state index in [1.807, 2.05) is 0 Å². The third-order valence-corrected chi connectivity index (χ3v) is 7.62. The van der Waals surface area contributed by atoms with Crippen molar-refractivity contribution in [3.8, 4) is 0 Å². The fraction of sp³-hybridized carbons (Fsp3) is 0.350. The van der Waals surface area contributed by atoms with Gasteiger partial charge in [0, 0.05) is 19.7 Å². The lowest BCUT2D eigenvalue weighted by Crippen LogP contribution is -2.55. The SMILES string of the molecule is CN1C(=O)C(=O)[N+](C)=C2C=CC(S(=O)(=O)N3CCCC3c3cccc(F)c3)=CC21. The molecule has 3 aliphatic rings. The molecule has 152 valence electrons. The van der Waals surface area contributed by atoms with Crippen LogP contribution in [0.25, 0.3) is 0 Å². The number of carbonyl (C=O) groups excluding carboxylic acids is 2. The van der Waals surface area contributed by atoms with Crippen LogP contribution in [-0.4, -0.2) is 66.4 Å². The monoisotopic (exact) mass is 418 g/mol. The first-order valence-corrected chi connectivity index (χ1v) is 10.7. The highest BCUT2D eigenvalue weighted by molar-refractivity contribution is 7.93.